The summed E-state index contributed by atoms with van der Waals surface area (Å²) < 4.78 is 7.80. The summed E-state index contributed by atoms with van der Waals surface area (Å²) in [5.74, 6) is 2.01. The lowest BCUT2D eigenvalue weighted by Gasteiger charge is -2.36. The number of aromatic nitrogens is 2. The highest BCUT2D eigenvalue weighted by Gasteiger charge is 2.31. The summed E-state index contributed by atoms with van der Waals surface area (Å²) in [6, 6.07) is 7.99. The van der Waals surface area contributed by atoms with Gasteiger partial charge in [0, 0.05) is 18.4 Å². The lowest BCUT2D eigenvalue weighted by Crippen LogP contribution is -2.35. The van der Waals surface area contributed by atoms with E-state index in [0.717, 1.165) is 47.7 Å². The number of nitrogens with zero attached hydrogens (tertiary/aromatic N) is 2. The monoisotopic (exact) mass is 372 g/mol. The number of rotatable bonds is 4. The first-order valence-corrected chi connectivity index (χ1v) is 10.9. The molecule has 1 aliphatic carbocycles. The van der Waals surface area contributed by atoms with Crippen LogP contribution in [0.3, 0.4) is 0 Å². The van der Waals surface area contributed by atoms with Crippen molar-refractivity contribution in [2.75, 3.05) is 12.4 Å². The van der Waals surface area contributed by atoms with Crippen molar-refractivity contribution in [3.8, 4) is 0 Å². The van der Waals surface area contributed by atoms with Crippen molar-refractivity contribution in [3.63, 3.8) is 0 Å². The van der Waals surface area contributed by atoms with Crippen LogP contribution < -0.4 is 5.56 Å². The zero-order chi connectivity index (χ0) is 18.1. The van der Waals surface area contributed by atoms with E-state index in [4.69, 9.17) is 9.72 Å². The molecule has 4 rings (SSSR count). The molecule has 1 aromatic carbocycles. The van der Waals surface area contributed by atoms with Crippen LogP contribution in [0.25, 0.3) is 10.9 Å². The summed E-state index contributed by atoms with van der Waals surface area (Å²) >= 11 is 1.70. The Kier molecular flexibility index (Phi) is 5.37. The fourth-order valence-corrected chi connectivity index (χ4v) is 5.50. The minimum absolute atomic E-state index is 0.122. The van der Waals surface area contributed by atoms with Gasteiger partial charge in [-0.25, -0.2) is 4.98 Å². The summed E-state index contributed by atoms with van der Waals surface area (Å²) in [5.41, 5.74) is 0.927. The van der Waals surface area contributed by atoms with E-state index in [2.05, 4.69) is 13.8 Å². The normalized spacial score (nSPS) is 29.3. The zero-order valence-corrected chi connectivity index (χ0v) is 16.5. The molecule has 0 spiro atoms. The molecule has 2 heterocycles. The van der Waals surface area contributed by atoms with Crippen LogP contribution in [0.1, 0.15) is 52.0 Å². The lowest BCUT2D eigenvalue weighted by atomic mass is 9.78. The van der Waals surface area contributed by atoms with Gasteiger partial charge in [0.2, 0.25) is 0 Å². The van der Waals surface area contributed by atoms with E-state index in [0.29, 0.717) is 17.9 Å². The molecule has 0 radical (unpaired) electrons. The van der Waals surface area contributed by atoms with Gasteiger partial charge in [-0.05, 0) is 43.2 Å². The topological polar surface area (TPSA) is 44.1 Å². The van der Waals surface area contributed by atoms with Crippen molar-refractivity contribution in [1.29, 1.82) is 0 Å². The Morgan fingerprint density at radius 2 is 2.04 bits per heavy atom. The van der Waals surface area contributed by atoms with Crippen LogP contribution in [0.4, 0.5) is 0 Å². The van der Waals surface area contributed by atoms with E-state index >= 15 is 0 Å². The van der Waals surface area contributed by atoms with Crippen molar-refractivity contribution >= 4 is 22.7 Å². The molecule has 2 aromatic rings. The third-order valence-electron chi connectivity index (χ3n) is 6.19. The molecule has 1 aromatic heterocycles. The van der Waals surface area contributed by atoms with Gasteiger partial charge in [-0.2, -0.15) is 0 Å². The Labute approximate surface area is 159 Å². The largest absolute Gasteiger partial charge is 0.377 e. The van der Waals surface area contributed by atoms with Gasteiger partial charge in [-0.1, -0.05) is 50.6 Å². The minimum Gasteiger partial charge on any atom is -0.377 e. The Balaban J connectivity index is 1.75. The molecule has 0 amide bonds. The van der Waals surface area contributed by atoms with Crippen molar-refractivity contribution < 1.29 is 4.74 Å². The SMILES string of the molecule is C[C@H]1[C@H](n2c(SC[C@@H]3CCCO3)nc3ccccc3c2=O)CCC[C@@H]1C. The maximum absolute atomic E-state index is 13.4. The first-order valence-electron chi connectivity index (χ1n) is 9.91. The highest BCUT2D eigenvalue weighted by molar-refractivity contribution is 7.99. The van der Waals surface area contributed by atoms with Crippen molar-refractivity contribution in [1.82, 2.24) is 9.55 Å². The van der Waals surface area contributed by atoms with Gasteiger partial charge in [-0.3, -0.25) is 9.36 Å². The number of para-hydroxylation sites is 1. The van der Waals surface area contributed by atoms with Crippen LogP contribution in [-0.2, 0) is 4.74 Å². The molecule has 2 aliphatic rings. The Hall–Kier alpha value is -1.33. The second-order valence-electron chi connectivity index (χ2n) is 7.87. The highest BCUT2D eigenvalue weighted by atomic mass is 32.2. The Bertz CT molecular complexity index is 828. The molecule has 26 heavy (non-hydrogen) atoms. The maximum Gasteiger partial charge on any atom is 0.262 e. The second kappa shape index (κ2) is 7.73. The van der Waals surface area contributed by atoms with E-state index < -0.39 is 0 Å². The number of ether oxygens (including phenoxy) is 1. The number of hydrogen-bond donors (Lipinski definition) is 0. The molecule has 1 saturated carbocycles. The van der Waals surface area contributed by atoms with Crippen LogP contribution in [0, 0.1) is 11.8 Å². The molecular formula is C21H28N2O2S. The van der Waals surface area contributed by atoms with Gasteiger partial charge < -0.3 is 4.74 Å². The third kappa shape index (κ3) is 3.44. The van der Waals surface area contributed by atoms with E-state index in [1.165, 1.54) is 12.8 Å². The molecule has 5 heteroatoms. The quantitative estimate of drug-likeness (QED) is 0.578. The lowest BCUT2D eigenvalue weighted by molar-refractivity contribution is 0.128. The van der Waals surface area contributed by atoms with E-state index in [1.54, 1.807) is 11.8 Å². The summed E-state index contributed by atoms with van der Waals surface area (Å²) in [7, 11) is 0. The summed E-state index contributed by atoms with van der Waals surface area (Å²) in [6.45, 7) is 5.47. The van der Waals surface area contributed by atoms with Crippen LogP contribution in [0.15, 0.2) is 34.2 Å². The molecule has 1 saturated heterocycles. The molecule has 0 bridgehead atoms. The standard InChI is InChI=1S/C21H28N2O2S/c1-14-7-5-11-19(15(14)2)23-20(24)17-9-3-4-10-18(17)22-21(23)26-13-16-8-6-12-25-16/h3-4,9-10,14-16,19H,5-8,11-13H2,1-2H3/t14-,15+,16-,19+/m0/s1. The van der Waals surface area contributed by atoms with Gasteiger partial charge in [0.05, 0.1) is 17.0 Å². The summed E-state index contributed by atoms with van der Waals surface area (Å²) in [4.78, 5) is 18.3. The van der Waals surface area contributed by atoms with Crippen LogP contribution in [0.5, 0.6) is 0 Å². The third-order valence-corrected chi connectivity index (χ3v) is 7.28. The van der Waals surface area contributed by atoms with Crippen molar-refractivity contribution in [3.05, 3.63) is 34.6 Å². The van der Waals surface area contributed by atoms with E-state index in [9.17, 15) is 4.79 Å². The number of fused-ring (bicyclic) bond motifs is 1. The van der Waals surface area contributed by atoms with Crippen molar-refractivity contribution in [2.24, 2.45) is 11.8 Å². The van der Waals surface area contributed by atoms with Crippen LogP contribution in [0.2, 0.25) is 0 Å². The predicted octanol–water partition coefficient (Wildman–Crippen LogP) is 4.66. The van der Waals surface area contributed by atoms with E-state index in [1.807, 2.05) is 28.8 Å². The van der Waals surface area contributed by atoms with Crippen LogP contribution >= 0.6 is 11.8 Å². The minimum atomic E-state index is 0.122. The van der Waals surface area contributed by atoms with E-state index in [-0.39, 0.29) is 11.6 Å². The van der Waals surface area contributed by atoms with Crippen LogP contribution in [-0.4, -0.2) is 28.0 Å². The first-order chi connectivity index (χ1) is 12.6. The predicted molar refractivity (Wildman–Crippen MR) is 107 cm³/mol. The molecule has 0 unspecified atom stereocenters. The number of benzene rings is 1. The summed E-state index contributed by atoms with van der Waals surface area (Å²) in [6.07, 6.45) is 6.05. The average molecular weight is 373 g/mol. The molecular weight excluding hydrogens is 344 g/mol. The molecule has 2 fully saturated rings. The van der Waals surface area contributed by atoms with Gasteiger partial charge in [0.1, 0.15) is 0 Å². The molecule has 1 aliphatic heterocycles. The van der Waals surface area contributed by atoms with Gasteiger partial charge in [-0.15, -0.1) is 0 Å². The van der Waals surface area contributed by atoms with Gasteiger partial charge >= 0.3 is 0 Å². The zero-order valence-electron chi connectivity index (χ0n) is 15.7. The summed E-state index contributed by atoms with van der Waals surface area (Å²) in [5, 5.41) is 1.61. The number of hydrogen-bond acceptors (Lipinski definition) is 4. The molecule has 0 N–H and O–H groups in total. The Morgan fingerprint density at radius 1 is 1.19 bits per heavy atom. The highest BCUT2D eigenvalue weighted by Crippen LogP contribution is 2.39. The van der Waals surface area contributed by atoms with Crippen molar-refractivity contribution in [2.45, 2.75) is 63.3 Å². The Morgan fingerprint density at radius 3 is 2.85 bits per heavy atom. The van der Waals surface area contributed by atoms with Gasteiger partial charge in [0.15, 0.2) is 5.16 Å². The fourth-order valence-electron chi connectivity index (χ4n) is 4.38. The molecule has 140 valence electrons. The molecule has 4 nitrogen and oxygen atoms in total. The maximum atomic E-state index is 13.4. The average Bonchev–Trinajstić information content (AvgIpc) is 3.17. The number of thioether (sulfide) groups is 1. The smallest absolute Gasteiger partial charge is 0.262 e. The first kappa shape index (κ1) is 18.1. The fraction of sp³-hybridized carbons (Fsp3) is 0.619. The molecule has 4 atom stereocenters. The van der Waals surface area contributed by atoms with Gasteiger partial charge in [0.25, 0.3) is 5.56 Å². The second-order valence-corrected chi connectivity index (χ2v) is 8.85.